The third kappa shape index (κ3) is 2.28. The number of hydrogen-bond acceptors (Lipinski definition) is 2. The fraction of sp³-hybridized carbons (Fsp3) is 0.125. The van der Waals surface area contributed by atoms with Crippen LogP contribution in [0, 0.1) is 0 Å². The zero-order chi connectivity index (χ0) is 10.9. The largest absolute Gasteiger partial charge is 0.276 e. The number of carbonyl (C=O) groups excluding carboxylic acids is 1. The third-order valence-corrected chi connectivity index (χ3v) is 3.67. The van der Waals surface area contributed by atoms with Gasteiger partial charge in [-0.1, -0.05) is 23.2 Å². The van der Waals surface area contributed by atoms with Crippen molar-refractivity contribution in [2.75, 3.05) is 6.26 Å². The van der Waals surface area contributed by atoms with Crippen molar-refractivity contribution in [1.82, 2.24) is 0 Å². The number of rotatable bonds is 2. The highest BCUT2D eigenvalue weighted by Crippen LogP contribution is 2.31. The van der Waals surface area contributed by atoms with Gasteiger partial charge in [-0.3, -0.25) is 9.00 Å². The molecule has 0 N–H and O–H groups in total. The standard InChI is InChI=1S/C8H5Cl3O2S/c1-14(13)7-4(8(11)12)2-3-5(9)6(7)10/h2-3H,1H3. The second-order valence-corrected chi connectivity index (χ2v) is 4.91. The van der Waals surface area contributed by atoms with Crippen molar-refractivity contribution in [3.63, 3.8) is 0 Å². The van der Waals surface area contributed by atoms with Gasteiger partial charge in [0, 0.05) is 6.26 Å². The van der Waals surface area contributed by atoms with Gasteiger partial charge < -0.3 is 0 Å². The number of benzene rings is 1. The number of hydrogen-bond donors (Lipinski definition) is 0. The monoisotopic (exact) mass is 270 g/mol. The molecule has 1 aromatic rings. The summed E-state index contributed by atoms with van der Waals surface area (Å²) >= 11 is 16.8. The van der Waals surface area contributed by atoms with Crippen LogP contribution in [-0.2, 0) is 10.8 Å². The first kappa shape index (κ1) is 12.0. The first-order chi connectivity index (χ1) is 6.45. The van der Waals surface area contributed by atoms with E-state index in [2.05, 4.69) is 0 Å². The molecular weight excluding hydrogens is 267 g/mol. The Hall–Kier alpha value is -0.0900. The average molecular weight is 272 g/mol. The van der Waals surface area contributed by atoms with E-state index in [4.69, 9.17) is 34.8 Å². The Morgan fingerprint density at radius 1 is 1.36 bits per heavy atom. The Morgan fingerprint density at radius 3 is 2.36 bits per heavy atom. The molecule has 0 spiro atoms. The molecule has 0 aromatic heterocycles. The summed E-state index contributed by atoms with van der Waals surface area (Å²) in [6, 6.07) is 2.84. The van der Waals surface area contributed by atoms with Gasteiger partial charge in [-0.15, -0.1) is 0 Å². The van der Waals surface area contributed by atoms with Crippen LogP contribution in [0.25, 0.3) is 0 Å². The highest BCUT2D eigenvalue weighted by Gasteiger charge is 2.17. The van der Waals surface area contributed by atoms with E-state index in [-0.39, 0.29) is 20.5 Å². The highest BCUT2D eigenvalue weighted by molar-refractivity contribution is 7.84. The molecule has 0 aliphatic carbocycles. The maximum Gasteiger partial charge on any atom is 0.253 e. The molecule has 1 aromatic carbocycles. The zero-order valence-electron chi connectivity index (χ0n) is 7.01. The Labute approximate surface area is 98.6 Å². The Kier molecular flexibility index (Phi) is 3.95. The van der Waals surface area contributed by atoms with Gasteiger partial charge in [0.1, 0.15) is 0 Å². The SMILES string of the molecule is CS(=O)c1c(C(=O)Cl)ccc(Cl)c1Cl. The van der Waals surface area contributed by atoms with Crippen molar-refractivity contribution < 1.29 is 9.00 Å². The van der Waals surface area contributed by atoms with Gasteiger partial charge in [-0.05, 0) is 23.7 Å². The summed E-state index contributed by atoms with van der Waals surface area (Å²) in [5.74, 6) is 0. The summed E-state index contributed by atoms with van der Waals surface area (Å²) in [6.45, 7) is 0. The van der Waals surface area contributed by atoms with Crippen molar-refractivity contribution in [3.05, 3.63) is 27.7 Å². The van der Waals surface area contributed by atoms with Crippen LogP contribution in [-0.4, -0.2) is 15.7 Å². The average Bonchev–Trinajstić information content (AvgIpc) is 2.08. The van der Waals surface area contributed by atoms with Crippen molar-refractivity contribution >= 4 is 50.8 Å². The lowest BCUT2D eigenvalue weighted by Gasteiger charge is -2.06. The normalized spacial score (nSPS) is 12.6. The zero-order valence-corrected chi connectivity index (χ0v) is 10.1. The summed E-state index contributed by atoms with van der Waals surface area (Å²) in [7, 11) is -1.40. The predicted molar refractivity (Wildman–Crippen MR) is 59.0 cm³/mol. The van der Waals surface area contributed by atoms with Gasteiger partial charge >= 0.3 is 0 Å². The van der Waals surface area contributed by atoms with Crippen molar-refractivity contribution in [3.8, 4) is 0 Å². The minimum atomic E-state index is -1.40. The summed E-state index contributed by atoms with van der Waals surface area (Å²) in [5.41, 5.74) is 0.127. The quantitative estimate of drug-likeness (QED) is 0.775. The van der Waals surface area contributed by atoms with Crippen LogP contribution in [0.4, 0.5) is 0 Å². The number of halogens is 3. The fourth-order valence-corrected chi connectivity index (χ4v) is 2.72. The van der Waals surface area contributed by atoms with Crippen molar-refractivity contribution in [1.29, 1.82) is 0 Å². The van der Waals surface area contributed by atoms with Crippen LogP contribution in [0.3, 0.4) is 0 Å². The molecule has 2 nitrogen and oxygen atoms in total. The summed E-state index contributed by atoms with van der Waals surface area (Å²) in [5, 5.41) is -0.341. The number of carbonyl (C=O) groups is 1. The van der Waals surface area contributed by atoms with E-state index in [0.717, 1.165) is 0 Å². The van der Waals surface area contributed by atoms with Gasteiger partial charge in [-0.25, -0.2) is 0 Å². The van der Waals surface area contributed by atoms with Crippen molar-refractivity contribution in [2.24, 2.45) is 0 Å². The van der Waals surface area contributed by atoms with Gasteiger partial charge in [0.15, 0.2) is 0 Å². The van der Waals surface area contributed by atoms with Crippen LogP contribution in [0.15, 0.2) is 17.0 Å². The minimum Gasteiger partial charge on any atom is -0.276 e. The van der Waals surface area contributed by atoms with E-state index in [1.165, 1.54) is 18.4 Å². The van der Waals surface area contributed by atoms with Crippen LogP contribution in [0.1, 0.15) is 10.4 Å². The van der Waals surface area contributed by atoms with Crippen LogP contribution in [0.5, 0.6) is 0 Å². The van der Waals surface area contributed by atoms with Crippen LogP contribution < -0.4 is 0 Å². The molecule has 0 aliphatic heterocycles. The summed E-state index contributed by atoms with van der Waals surface area (Å²) in [4.78, 5) is 11.1. The fourth-order valence-electron chi connectivity index (χ4n) is 0.968. The maximum atomic E-state index is 11.3. The van der Waals surface area contributed by atoms with E-state index in [1.54, 1.807) is 0 Å². The molecule has 14 heavy (non-hydrogen) atoms. The lowest BCUT2D eigenvalue weighted by Crippen LogP contribution is -2.00. The molecule has 1 atom stereocenters. The van der Waals surface area contributed by atoms with E-state index < -0.39 is 16.0 Å². The lowest BCUT2D eigenvalue weighted by molar-refractivity contribution is 0.107. The van der Waals surface area contributed by atoms with Gasteiger partial charge in [0.2, 0.25) is 0 Å². The van der Waals surface area contributed by atoms with Crippen LogP contribution in [0.2, 0.25) is 10.0 Å². The van der Waals surface area contributed by atoms with Gasteiger partial charge in [0.25, 0.3) is 5.24 Å². The molecule has 0 radical (unpaired) electrons. The highest BCUT2D eigenvalue weighted by atomic mass is 35.5. The topological polar surface area (TPSA) is 34.1 Å². The molecule has 76 valence electrons. The second kappa shape index (κ2) is 4.62. The van der Waals surface area contributed by atoms with E-state index in [1.807, 2.05) is 0 Å². The van der Waals surface area contributed by atoms with E-state index in [0.29, 0.717) is 0 Å². The molecule has 6 heteroatoms. The smallest absolute Gasteiger partial charge is 0.253 e. The molecule has 0 aliphatic rings. The molecule has 0 bridgehead atoms. The first-order valence-corrected chi connectivity index (χ1v) is 6.15. The summed E-state index contributed by atoms with van der Waals surface area (Å²) < 4.78 is 11.3. The first-order valence-electron chi connectivity index (χ1n) is 3.46. The molecule has 0 saturated heterocycles. The molecule has 0 amide bonds. The second-order valence-electron chi connectivity index (χ2n) is 2.47. The Balaban J connectivity index is 3.53. The van der Waals surface area contributed by atoms with Crippen molar-refractivity contribution in [2.45, 2.75) is 4.90 Å². The van der Waals surface area contributed by atoms with Crippen LogP contribution >= 0.6 is 34.8 Å². The van der Waals surface area contributed by atoms with E-state index >= 15 is 0 Å². The Morgan fingerprint density at radius 2 is 1.93 bits per heavy atom. The van der Waals surface area contributed by atoms with Gasteiger partial charge in [-0.2, -0.15) is 0 Å². The molecular formula is C8H5Cl3O2S. The molecule has 1 unspecified atom stereocenters. The molecule has 0 heterocycles. The molecule has 0 fully saturated rings. The third-order valence-electron chi connectivity index (χ3n) is 1.55. The lowest BCUT2D eigenvalue weighted by atomic mass is 10.2. The molecule has 1 rings (SSSR count). The minimum absolute atomic E-state index is 0.110. The van der Waals surface area contributed by atoms with Gasteiger partial charge in [0.05, 0.1) is 31.3 Å². The van der Waals surface area contributed by atoms with E-state index in [9.17, 15) is 9.00 Å². The predicted octanol–water partition coefficient (Wildman–Crippen LogP) is 3.11. The summed E-state index contributed by atoms with van der Waals surface area (Å²) in [6.07, 6.45) is 1.40. The molecule has 0 saturated carbocycles. The Bertz CT molecular complexity index is 417. The maximum absolute atomic E-state index is 11.3.